The van der Waals surface area contributed by atoms with Crippen LogP contribution in [-0.2, 0) is 0 Å². The van der Waals surface area contributed by atoms with Gasteiger partial charge in [0, 0.05) is 25.2 Å². The Kier molecular flexibility index (Phi) is 6.38. The summed E-state index contributed by atoms with van der Waals surface area (Å²) in [6.45, 7) is 4.37. The molecule has 6 heteroatoms. The predicted octanol–water partition coefficient (Wildman–Crippen LogP) is 2.24. The molecule has 0 heterocycles. The van der Waals surface area contributed by atoms with Crippen LogP contribution in [0.5, 0.6) is 0 Å². The lowest BCUT2D eigenvalue weighted by molar-refractivity contribution is 0.0731. The first-order chi connectivity index (χ1) is 9.54. The Morgan fingerprint density at radius 1 is 1.30 bits per heavy atom. The summed E-state index contributed by atoms with van der Waals surface area (Å²) in [7, 11) is 0. The minimum atomic E-state index is -0.790. The number of rotatable bonds is 7. The highest BCUT2D eigenvalue weighted by atomic mass is 19.1. The van der Waals surface area contributed by atoms with Crippen molar-refractivity contribution >= 4 is 11.6 Å². The third kappa shape index (κ3) is 3.90. The quantitative estimate of drug-likeness (QED) is 0.808. The second kappa shape index (κ2) is 7.79. The summed E-state index contributed by atoms with van der Waals surface area (Å²) >= 11 is 0. The first-order valence-electron chi connectivity index (χ1n) is 6.68. The van der Waals surface area contributed by atoms with Gasteiger partial charge in [0.2, 0.25) is 0 Å². The van der Waals surface area contributed by atoms with Gasteiger partial charge in [-0.3, -0.25) is 4.79 Å². The molecule has 1 aromatic rings. The lowest BCUT2D eigenvalue weighted by Crippen LogP contribution is -2.33. The largest absolute Gasteiger partial charge is 0.395 e. The number of hydrogen-bond acceptors (Lipinski definition) is 3. The van der Waals surface area contributed by atoms with E-state index in [-0.39, 0.29) is 24.4 Å². The molecular weight excluding hydrogens is 266 g/mol. The van der Waals surface area contributed by atoms with Crippen molar-refractivity contribution in [2.45, 2.75) is 20.3 Å². The molecule has 112 valence electrons. The maximum atomic E-state index is 13.8. The normalized spacial score (nSPS) is 10.4. The van der Waals surface area contributed by atoms with Gasteiger partial charge in [-0.2, -0.15) is 0 Å². The maximum absolute atomic E-state index is 13.8. The van der Waals surface area contributed by atoms with Crippen LogP contribution >= 0.6 is 0 Å². The van der Waals surface area contributed by atoms with Crippen molar-refractivity contribution in [1.82, 2.24) is 4.90 Å². The summed E-state index contributed by atoms with van der Waals surface area (Å²) in [5.41, 5.74) is -0.272. The SMILES string of the molecule is CCCNc1c(F)cc(C(=O)N(CC)CCO)cc1F. The molecule has 0 unspecified atom stereocenters. The number of likely N-dealkylation sites (N-methyl/N-ethyl adjacent to an activating group) is 1. The van der Waals surface area contributed by atoms with E-state index in [0.717, 1.165) is 18.6 Å². The number of nitrogens with zero attached hydrogens (tertiary/aromatic N) is 1. The minimum Gasteiger partial charge on any atom is -0.395 e. The lowest BCUT2D eigenvalue weighted by atomic mass is 10.1. The molecule has 0 saturated carbocycles. The molecule has 1 aromatic carbocycles. The van der Waals surface area contributed by atoms with Crippen molar-refractivity contribution < 1.29 is 18.7 Å². The van der Waals surface area contributed by atoms with Crippen LogP contribution in [-0.4, -0.2) is 42.2 Å². The fourth-order valence-corrected chi connectivity index (χ4v) is 1.82. The highest BCUT2D eigenvalue weighted by molar-refractivity contribution is 5.94. The first kappa shape index (κ1) is 16.4. The fourth-order valence-electron chi connectivity index (χ4n) is 1.82. The van der Waals surface area contributed by atoms with Crippen molar-refractivity contribution in [3.63, 3.8) is 0 Å². The summed E-state index contributed by atoms with van der Waals surface area (Å²) < 4.78 is 27.7. The Bertz CT molecular complexity index is 443. The van der Waals surface area contributed by atoms with Crippen molar-refractivity contribution in [1.29, 1.82) is 0 Å². The van der Waals surface area contributed by atoms with Crippen LogP contribution in [0.3, 0.4) is 0 Å². The van der Waals surface area contributed by atoms with Gasteiger partial charge in [0.15, 0.2) is 0 Å². The number of aliphatic hydroxyl groups excluding tert-OH is 1. The molecule has 1 amide bonds. The third-order valence-electron chi connectivity index (χ3n) is 2.88. The lowest BCUT2D eigenvalue weighted by Gasteiger charge is -2.20. The minimum absolute atomic E-state index is 0.0580. The highest BCUT2D eigenvalue weighted by Crippen LogP contribution is 2.21. The van der Waals surface area contributed by atoms with Gasteiger partial charge in [0.1, 0.15) is 17.3 Å². The number of amides is 1. The Hall–Kier alpha value is -1.69. The number of nitrogens with one attached hydrogen (secondary N) is 1. The van der Waals surface area contributed by atoms with E-state index in [1.807, 2.05) is 6.92 Å². The fraction of sp³-hybridized carbons (Fsp3) is 0.500. The summed E-state index contributed by atoms with van der Waals surface area (Å²) in [6.07, 6.45) is 0.736. The molecule has 20 heavy (non-hydrogen) atoms. The van der Waals surface area contributed by atoms with E-state index in [9.17, 15) is 13.6 Å². The molecule has 0 aliphatic heterocycles. The van der Waals surface area contributed by atoms with E-state index in [1.54, 1.807) is 6.92 Å². The molecule has 0 atom stereocenters. The number of anilines is 1. The Labute approximate surface area is 117 Å². The van der Waals surface area contributed by atoms with Crippen LogP contribution in [0.1, 0.15) is 30.6 Å². The van der Waals surface area contributed by atoms with E-state index in [0.29, 0.717) is 13.1 Å². The first-order valence-corrected chi connectivity index (χ1v) is 6.68. The van der Waals surface area contributed by atoms with Gasteiger partial charge in [-0.05, 0) is 25.5 Å². The Balaban J connectivity index is 3.00. The predicted molar refractivity (Wildman–Crippen MR) is 73.8 cm³/mol. The van der Waals surface area contributed by atoms with Gasteiger partial charge >= 0.3 is 0 Å². The molecule has 4 nitrogen and oxygen atoms in total. The molecule has 0 spiro atoms. The van der Waals surface area contributed by atoms with Crippen molar-refractivity contribution in [3.05, 3.63) is 29.3 Å². The number of aliphatic hydroxyl groups is 1. The van der Waals surface area contributed by atoms with E-state index in [1.165, 1.54) is 4.90 Å². The molecule has 0 radical (unpaired) electrons. The van der Waals surface area contributed by atoms with Gasteiger partial charge in [0.25, 0.3) is 5.91 Å². The summed E-state index contributed by atoms with van der Waals surface area (Å²) in [4.78, 5) is 13.4. The highest BCUT2D eigenvalue weighted by Gasteiger charge is 2.18. The molecule has 0 aliphatic rings. The molecule has 0 fully saturated rings. The number of hydrogen-bond donors (Lipinski definition) is 2. The number of carbonyl (C=O) groups excluding carboxylic acids is 1. The number of benzene rings is 1. The van der Waals surface area contributed by atoms with Crippen LogP contribution in [0.25, 0.3) is 0 Å². The zero-order valence-electron chi connectivity index (χ0n) is 11.7. The zero-order valence-corrected chi connectivity index (χ0v) is 11.7. The second-order valence-electron chi connectivity index (χ2n) is 4.35. The molecule has 0 aliphatic carbocycles. The van der Waals surface area contributed by atoms with E-state index in [2.05, 4.69) is 5.32 Å². The maximum Gasteiger partial charge on any atom is 0.254 e. The number of carbonyl (C=O) groups is 1. The van der Waals surface area contributed by atoms with Crippen LogP contribution in [0.15, 0.2) is 12.1 Å². The third-order valence-corrected chi connectivity index (χ3v) is 2.88. The topological polar surface area (TPSA) is 52.6 Å². The standard InChI is InChI=1S/C14H20F2N2O2/c1-3-5-17-13-11(15)8-10(9-12(13)16)14(20)18(4-2)6-7-19/h8-9,17,19H,3-7H2,1-2H3. The van der Waals surface area contributed by atoms with Crippen LogP contribution in [0.4, 0.5) is 14.5 Å². The van der Waals surface area contributed by atoms with Crippen molar-refractivity contribution in [2.24, 2.45) is 0 Å². The van der Waals surface area contributed by atoms with Crippen LogP contribution in [0, 0.1) is 11.6 Å². The van der Waals surface area contributed by atoms with Crippen LogP contribution < -0.4 is 5.32 Å². The summed E-state index contributed by atoms with van der Waals surface area (Å²) in [5, 5.41) is 11.5. The Morgan fingerprint density at radius 3 is 2.35 bits per heavy atom. The molecule has 2 N–H and O–H groups in total. The van der Waals surface area contributed by atoms with Gasteiger partial charge < -0.3 is 15.3 Å². The van der Waals surface area contributed by atoms with Gasteiger partial charge in [0.05, 0.1) is 6.61 Å². The second-order valence-corrected chi connectivity index (χ2v) is 4.35. The molecule has 0 aromatic heterocycles. The van der Waals surface area contributed by atoms with E-state index < -0.39 is 17.5 Å². The molecule has 0 saturated heterocycles. The zero-order chi connectivity index (χ0) is 15.1. The van der Waals surface area contributed by atoms with E-state index in [4.69, 9.17) is 5.11 Å². The van der Waals surface area contributed by atoms with Gasteiger partial charge in [-0.1, -0.05) is 6.92 Å². The van der Waals surface area contributed by atoms with Crippen molar-refractivity contribution in [2.75, 3.05) is 31.6 Å². The average Bonchev–Trinajstić information content (AvgIpc) is 2.43. The van der Waals surface area contributed by atoms with E-state index >= 15 is 0 Å². The summed E-state index contributed by atoms with van der Waals surface area (Å²) in [5.74, 6) is -2.08. The average molecular weight is 286 g/mol. The molecule has 1 rings (SSSR count). The number of halogens is 2. The van der Waals surface area contributed by atoms with Gasteiger partial charge in [-0.15, -0.1) is 0 Å². The Morgan fingerprint density at radius 2 is 1.90 bits per heavy atom. The summed E-state index contributed by atoms with van der Waals surface area (Å²) in [6, 6.07) is 2.03. The molecular formula is C14H20F2N2O2. The van der Waals surface area contributed by atoms with Gasteiger partial charge in [-0.25, -0.2) is 8.78 Å². The van der Waals surface area contributed by atoms with Crippen LogP contribution in [0.2, 0.25) is 0 Å². The smallest absolute Gasteiger partial charge is 0.254 e. The van der Waals surface area contributed by atoms with Crippen molar-refractivity contribution in [3.8, 4) is 0 Å². The molecule has 0 bridgehead atoms. The monoisotopic (exact) mass is 286 g/mol.